The molecule has 0 saturated heterocycles. The second kappa shape index (κ2) is 5.08. The predicted octanol–water partition coefficient (Wildman–Crippen LogP) is 1.10. The van der Waals surface area contributed by atoms with Gasteiger partial charge < -0.3 is 15.4 Å². The van der Waals surface area contributed by atoms with Crippen LogP contribution in [0.4, 0.5) is 5.69 Å². The molecule has 0 aliphatic carbocycles. The topological polar surface area (TPSA) is 113 Å². The Hall–Kier alpha value is -3.16. The molecule has 106 valence electrons. The second-order valence-electron chi connectivity index (χ2n) is 4.41. The Bertz CT molecular complexity index is 820. The van der Waals surface area contributed by atoms with Gasteiger partial charge in [0.2, 0.25) is 0 Å². The minimum atomic E-state index is -0.999. The summed E-state index contributed by atoms with van der Waals surface area (Å²) in [7, 11) is 0. The molecule has 3 rings (SSSR count). The minimum absolute atomic E-state index is 0.254. The highest BCUT2D eigenvalue weighted by atomic mass is 16.4. The average Bonchev–Trinajstić information content (AvgIpc) is 3.06. The molecule has 0 spiro atoms. The number of amides is 1. The van der Waals surface area contributed by atoms with Crippen molar-refractivity contribution < 1.29 is 14.7 Å². The summed E-state index contributed by atoms with van der Waals surface area (Å²) in [4.78, 5) is 29.7. The molecular formula is C13H11N5O3. The molecule has 2 aromatic heterocycles. The Kier molecular flexibility index (Phi) is 3.11. The summed E-state index contributed by atoms with van der Waals surface area (Å²) in [6.45, 7) is -0.254. The fourth-order valence-corrected chi connectivity index (χ4v) is 1.93. The van der Waals surface area contributed by atoms with Crippen LogP contribution in [-0.2, 0) is 11.3 Å². The van der Waals surface area contributed by atoms with Crippen LogP contribution in [0.5, 0.6) is 0 Å². The highest BCUT2D eigenvalue weighted by molar-refractivity contribution is 6.05. The zero-order chi connectivity index (χ0) is 14.8. The van der Waals surface area contributed by atoms with Gasteiger partial charge in [-0.3, -0.25) is 14.3 Å². The lowest BCUT2D eigenvalue weighted by Crippen LogP contribution is -2.11. The number of nitrogens with zero attached hydrogens (tertiary/aromatic N) is 3. The van der Waals surface area contributed by atoms with Crippen LogP contribution in [0.25, 0.3) is 11.0 Å². The van der Waals surface area contributed by atoms with E-state index in [1.165, 1.54) is 17.1 Å². The second-order valence-corrected chi connectivity index (χ2v) is 4.41. The number of carboxylic acids is 1. The first kappa shape index (κ1) is 12.9. The van der Waals surface area contributed by atoms with Crippen molar-refractivity contribution in [3.05, 3.63) is 42.5 Å². The number of aromatic amines is 1. The van der Waals surface area contributed by atoms with E-state index < -0.39 is 5.97 Å². The molecule has 0 saturated carbocycles. The van der Waals surface area contributed by atoms with E-state index in [1.807, 2.05) is 0 Å². The number of imidazole rings is 1. The average molecular weight is 285 g/mol. The number of aromatic nitrogens is 4. The molecule has 1 aromatic carbocycles. The van der Waals surface area contributed by atoms with Crippen LogP contribution in [0.2, 0.25) is 0 Å². The van der Waals surface area contributed by atoms with E-state index in [-0.39, 0.29) is 12.5 Å². The Morgan fingerprint density at radius 1 is 1.38 bits per heavy atom. The third-order valence-corrected chi connectivity index (χ3v) is 2.87. The maximum Gasteiger partial charge on any atom is 0.325 e. The highest BCUT2D eigenvalue weighted by Crippen LogP contribution is 2.13. The summed E-state index contributed by atoms with van der Waals surface area (Å²) in [5.74, 6) is -1.30. The molecular weight excluding hydrogens is 274 g/mol. The number of anilines is 1. The lowest BCUT2D eigenvalue weighted by atomic mass is 10.2. The molecule has 0 atom stereocenters. The fourth-order valence-electron chi connectivity index (χ4n) is 1.93. The molecule has 0 unspecified atom stereocenters. The Morgan fingerprint density at radius 3 is 3.05 bits per heavy atom. The first-order valence-corrected chi connectivity index (χ1v) is 6.10. The molecule has 0 radical (unpaired) electrons. The smallest absolute Gasteiger partial charge is 0.325 e. The minimum Gasteiger partial charge on any atom is -0.480 e. The van der Waals surface area contributed by atoms with Crippen LogP contribution in [0.1, 0.15) is 10.4 Å². The normalized spacial score (nSPS) is 10.7. The predicted molar refractivity (Wildman–Crippen MR) is 73.9 cm³/mol. The number of hydrogen-bond donors (Lipinski definition) is 3. The number of hydrogen-bond acceptors (Lipinski definition) is 4. The number of carbonyl (C=O) groups excluding carboxylic acids is 1. The molecule has 1 amide bonds. The maximum absolute atomic E-state index is 12.1. The highest BCUT2D eigenvalue weighted by Gasteiger charge is 2.10. The van der Waals surface area contributed by atoms with Crippen molar-refractivity contribution in [2.75, 3.05) is 5.32 Å². The van der Waals surface area contributed by atoms with Gasteiger partial charge in [0, 0.05) is 11.8 Å². The van der Waals surface area contributed by atoms with Crippen molar-refractivity contribution in [3.8, 4) is 0 Å². The van der Waals surface area contributed by atoms with Crippen molar-refractivity contribution >= 4 is 28.6 Å². The summed E-state index contributed by atoms with van der Waals surface area (Å²) >= 11 is 0. The molecule has 21 heavy (non-hydrogen) atoms. The van der Waals surface area contributed by atoms with Gasteiger partial charge in [-0.15, -0.1) is 0 Å². The van der Waals surface area contributed by atoms with Crippen molar-refractivity contribution in [1.82, 2.24) is 19.7 Å². The first-order valence-electron chi connectivity index (χ1n) is 6.10. The molecule has 3 aromatic rings. The van der Waals surface area contributed by atoms with Gasteiger partial charge in [-0.25, -0.2) is 4.98 Å². The molecule has 2 heterocycles. The molecule has 8 nitrogen and oxygen atoms in total. The van der Waals surface area contributed by atoms with Crippen molar-refractivity contribution in [3.63, 3.8) is 0 Å². The van der Waals surface area contributed by atoms with Gasteiger partial charge in [-0.05, 0) is 18.2 Å². The van der Waals surface area contributed by atoms with Gasteiger partial charge in [0.15, 0.2) is 0 Å². The van der Waals surface area contributed by atoms with Gasteiger partial charge in [-0.2, -0.15) is 5.10 Å². The monoisotopic (exact) mass is 285 g/mol. The van der Waals surface area contributed by atoms with E-state index >= 15 is 0 Å². The number of nitrogens with one attached hydrogen (secondary N) is 2. The summed E-state index contributed by atoms with van der Waals surface area (Å²) in [6.07, 6.45) is 4.42. The number of benzene rings is 1. The summed E-state index contributed by atoms with van der Waals surface area (Å²) in [5.41, 5.74) is 2.45. The molecule has 0 bridgehead atoms. The summed E-state index contributed by atoms with van der Waals surface area (Å²) in [5, 5.41) is 15.2. The summed E-state index contributed by atoms with van der Waals surface area (Å²) < 4.78 is 1.23. The van der Waals surface area contributed by atoms with E-state index in [0.717, 1.165) is 11.0 Å². The largest absolute Gasteiger partial charge is 0.480 e. The third-order valence-electron chi connectivity index (χ3n) is 2.87. The molecule has 8 heteroatoms. The molecule has 0 aliphatic heterocycles. The maximum atomic E-state index is 12.1. The third kappa shape index (κ3) is 2.73. The number of carboxylic acid groups (broad SMARTS) is 1. The van der Waals surface area contributed by atoms with Gasteiger partial charge in [0.1, 0.15) is 6.54 Å². The summed E-state index contributed by atoms with van der Waals surface area (Å²) in [6, 6.07) is 5.11. The number of fused-ring (bicyclic) bond motifs is 1. The van der Waals surface area contributed by atoms with E-state index in [0.29, 0.717) is 11.3 Å². The number of rotatable bonds is 4. The lowest BCUT2D eigenvalue weighted by Gasteiger charge is -2.02. The van der Waals surface area contributed by atoms with Crippen molar-refractivity contribution in [1.29, 1.82) is 0 Å². The Labute approximate surface area is 118 Å². The number of H-pyrrole nitrogens is 1. The molecule has 3 N–H and O–H groups in total. The van der Waals surface area contributed by atoms with Crippen LogP contribution >= 0.6 is 0 Å². The zero-order valence-corrected chi connectivity index (χ0v) is 10.8. The lowest BCUT2D eigenvalue weighted by molar-refractivity contribution is -0.137. The van der Waals surface area contributed by atoms with Gasteiger partial charge in [0.25, 0.3) is 5.91 Å². The van der Waals surface area contributed by atoms with Crippen LogP contribution < -0.4 is 5.32 Å². The van der Waals surface area contributed by atoms with E-state index in [4.69, 9.17) is 5.11 Å². The fraction of sp³-hybridized carbons (Fsp3) is 0.0769. The zero-order valence-electron chi connectivity index (χ0n) is 10.8. The van der Waals surface area contributed by atoms with Crippen LogP contribution in [-0.4, -0.2) is 36.7 Å². The van der Waals surface area contributed by atoms with Crippen LogP contribution in [0, 0.1) is 0 Å². The standard InChI is InChI=1S/C13H11N5O3/c19-12(20)6-18-5-9(4-16-18)17-13(21)8-1-2-10-11(3-8)15-7-14-10/h1-5,7H,6H2,(H,14,15)(H,17,21)(H,19,20). The van der Waals surface area contributed by atoms with Gasteiger partial charge in [-0.1, -0.05) is 0 Å². The van der Waals surface area contributed by atoms with E-state index in [1.54, 1.807) is 24.5 Å². The quantitative estimate of drug-likeness (QED) is 0.664. The van der Waals surface area contributed by atoms with E-state index in [2.05, 4.69) is 20.4 Å². The molecule has 0 fully saturated rings. The Balaban J connectivity index is 1.76. The van der Waals surface area contributed by atoms with Gasteiger partial charge in [0.05, 0.1) is 29.2 Å². The van der Waals surface area contributed by atoms with Crippen LogP contribution in [0.15, 0.2) is 36.9 Å². The number of aliphatic carboxylic acids is 1. The van der Waals surface area contributed by atoms with E-state index in [9.17, 15) is 9.59 Å². The molecule has 0 aliphatic rings. The van der Waals surface area contributed by atoms with Crippen LogP contribution in [0.3, 0.4) is 0 Å². The van der Waals surface area contributed by atoms with Crippen molar-refractivity contribution in [2.45, 2.75) is 6.54 Å². The van der Waals surface area contributed by atoms with Crippen molar-refractivity contribution in [2.24, 2.45) is 0 Å². The number of carbonyl (C=O) groups is 2. The SMILES string of the molecule is O=C(O)Cn1cc(NC(=O)c2ccc3nc[nH]c3c2)cn1. The first-order chi connectivity index (χ1) is 10.1. The van der Waals surface area contributed by atoms with Gasteiger partial charge >= 0.3 is 5.97 Å². The Morgan fingerprint density at radius 2 is 2.24 bits per heavy atom.